The number of benzene rings is 3. The quantitative estimate of drug-likeness (QED) is 0.356. The highest BCUT2D eigenvalue weighted by atomic mass is 19.1. The third kappa shape index (κ3) is 3.64. The highest BCUT2D eigenvalue weighted by Gasteiger charge is 2.73. The van der Waals surface area contributed by atoms with Crippen molar-refractivity contribution in [1.82, 2.24) is 4.90 Å². The van der Waals surface area contributed by atoms with Gasteiger partial charge < -0.3 is 14.8 Å². The number of amides is 1. The molecule has 0 radical (unpaired) electrons. The molecule has 8 nitrogen and oxygen atoms in total. The second kappa shape index (κ2) is 9.40. The maximum atomic E-state index is 13.6. The van der Waals surface area contributed by atoms with E-state index in [1.807, 2.05) is 37.3 Å². The van der Waals surface area contributed by atoms with Crippen LogP contribution >= 0.6 is 0 Å². The minimum Gasteiger partial charge on any atom is -0.490 e. The molecule has 4 atom stereocenters. The third-order valence-electron chi connectivity index (χ3n) is 8.05. The van der Waals surface area contributed by atoms with Crippen molar-refractivity contribution in [3.63, 3.8) is 0 Å². The highest BCUT2D eigenvalue weighted by molar-refractivity contribution is 6.07. The van der Waals surface area contributed by atoms with Crippen molar-refractivity contribution in [3.8, 4) is 11.5 Å². The number of carbonyl (C=O) groups excluding carboxylic acids is 1. The van der Waals surface area contributed by atoms with Crippen LogP contribution in [-0.4, -0.2) is 41.0 Å². The number of carbonyl (C=O) groups is 1. The average molecular weight is 518 g/mol. The smallest absolute Gasteiger partial charge is 0.256 e. The lowest BCUT2D eigenvalue weighted by Gasteiger charge is -2.32. The maximum Gasteiger partial charge on any atom is 0.256 e. The topological polar surface area (TPSA) is 93.9 Å². The fraction of sp³-hybridized carbons (Fsp3) is 0.345. The Morgan fingerprint density at radius 2 is 1.89 bits per heavy atom. The molecular weight excluding hydrogens is 489 g/mol. The van der Waals surface area contributed by atoms with Gasteiger partial charge in [-0.05, 0) is 61.2 Å². The van der Waals surface area contributed by atoms with E-state index in [1.54, 1.807) is 24.3 Å². The minimum absolute atomic E-state index is 0.164. The SMILES string of the molecule is CCOc1cc([C@H]2[C@H]([N+](=O)[O-])[C@]3(C(=O)Nc4ccccc43)N3CCC[C@@H]23)ccc1OCc1ccc(F)cc1. The zero-order chi connectivity index (χ0) is 26.4. The Hall–Kier alpha value is -3.98. The van der Waals surface area contributed by atoms with E-state index in [4.69, 9.17) is 9.47 Å². The van der Waals surface area contributed by atoms with Crippen LogP contribution in [0.3, 0.4) is 0 Å². The van der Waals surface area contributed by atoms with Crippen LogP contribution in [-0.2, 0) is 16.9 Å². The molecule has 1 amide bonds. The Morgan fingerprint density at radius 3 is 2.66 bits per heavy atom. The molecule has 3 aromatic rings. The summed E-state index contributed by atoms with van der Waals surface area (Å²) in [7, 11) is 0. The number of nitrogens with one attached hydrogen (secondary N) is 1. The summed E-state index contributed by atoms with van der Waals surface area (Å²) in [6.07, 6.45) is 1.62. The number of hydrogen-bond donors (Lipinski definition) is 1. The molecule has 3 aromatic carbocycles. The van der Waals surface area contributed by atoms with Crippen LogP contribution in [0.15, 0.2) is 66.7 Å². The largest absolute Gasteiger partial charge is 0.490 e. The van der Waals surface area contributed by atoms with Gasteiger partial charge in [0.05, 0.1) is 12.5 Å². The Bertz CT molecular complexity index is 1400. The number of hydrogen-bond acceptors (Lipinski definition) is 6. The number of nitro groups is 1. The van der Waals surface area contributed by atoms with Crippen molar-refractivity contribution in [2.45, 2.75) is 49.9 Å². The number of ether oxygens (including phenoxy) is 2. The van der Waals surface area contributed by atoms with Gasteiger partial charge in [0.25, 0.3) is 11.9 Å². The summed E-state index contributed by atoms with van der Waals surface area (Å²) in [6, 6.07) is 17.5. The van der Waals surface area contributed by atoms with Crippen LogP contribution in [0.1, 0.15) is 42.4 Å². The number of fused-ring (bicyclic) bond motifs is 4. The van der Waals surface area contributed by atoms with Crippen LogP contribution in [0.25, 0.3) is 0 Å². The lowest BCUT2D eigenvalue weighted by Crippen LogP contribution is -2.55. The van der Waals surface area contributed by atoms with Gasteiger partial charge in [0.1, 0.15) is 12.4 Å². The Morgan fingerprint density at radius 1 is 1.11 bits per heavy atom. The summed E-state index contributed by atoms with van der Waals surface area (Å²) < 4.78 is 25.2. The molecule has 0 bridgehead atoms. The lowest BCUT2D eigenvalue weighted by atomic mass is 9.77. The molecular formula is C29H28FN3O5. The van der Waals surface area contributed by atoms with Gasteiger partial charge in [-0.3, -0.25) is 19.8 Å². The number of nitrogens with zero attached hydrogens (tertiary/aromatic N) is 2. The van der Waals surface area contributed by atoms with Crippen molar-refractivity contribution < 1.29 is 23.6 Å². The summed E-state index contributed by atoms with van der Waals surface area (Å²) in [5.74, 6) is -0.190. The minimum atomic E-state index is -1.37. The van der Waals surface area contributed by atoms with Crippen LogP contribution < -0.4 is 14.8 Å². The Kier molecular flexibility index (Phi) is 6.03. The van der Waals surface area contributed by atoms with E-state index in [2.05, 4.69) is 10.2 Å². The molecule has 0 aromatic heterocycles. The number of halogens is 1. The van der Waals surface area contributed by atoms with Crippen LogP contribution in [0.5, 0.6) is 11.5 Å². The molecule has 6 rings (SSSR count). The molecule has 1 spiro atoms. The van der Waals surface area contributed by atoms with E-state index in [1.165, 1.54) is 12.1 Å². The first-order chi connectivity index (χ1) is 18.4. The maximum absolute atomic E-state index is 13.6. The Balaban J connectivity index is 1.40. The lowest BCUT2D eigenvalue weighted by molar-refractivity contribution is -0.534. The van der Waals surface area contributed by atoms with E-state index in [0.29, 0.717) is 35.9 Å². The molecule has 9 heteroatoms. The standard InChI is InChI=1S/C29H28FN3O5/c1-2-37-25-16-19(11-14-24(25)38-17-18-9-12-20(30)13-10-18)26-23-8-5-15-32(23)29(27(26)33(35)36)21-6-3-4-7-22(21)31-28(29)34/h3-4,6-7,9-14,16,23,26-27H,2,5,8,15,17H2,1H3,(H,31,34)/t23-,26+,27-,29+/m0/s1. The van der Waals surface area contributed by atoms with Gasteiger partial charge in [-0.1, -0.05) is 36.4 Å². The van der Waals surface area contributed by atoms with Crippen molar-refractivity contribution in [1.29, 1.82) is 0 Å². The molecule has 1 N–H and O–H groups in total. The summed E-state index contributed by atoms with van der Waals surface area (Å²) in [5.41, 5.74) is 1.49. The predicted octanol–water partition coefficient (Wildman–Crippen LogP) is 4.86. The molecule has 2 fully saturated rings. The second-order valence-corrected chi connectivity index (χ2v) is 9.98. The molecule has 3 heterocycles. The summed E-state index contributed by atoms with van der Waals surface area (Å²) in [4.78, 5) is 28.2. The van der Waals surface area contributed by atoms with Gasteiger partial charge in [-0.15, -0.1) is 0 Å². The molecule has 3 aliphatic heterocycles. The first-order valence-electron chi connectivity index (χ1n) is 12.9. The molecule has 196 valence electrons. The third-order valence-corrected chi connectivity index (χ3v) is 8.05. The fourth-order valence-corrected chi connectivity index (χ4v) is 6.64. The van der Waals surface area contributed by atoms with E-state index in [9.17, 15) is 19.3 Å². The van der Waals surface area contributed by atoms with Gasteiger partial charge in [0, 0.05) is 28.8 Å². The van der Waals surface area contributed by atoms with E-state index in [0.717, 1.165) is 24.0 Å². The average Bonchev–Trinajstić information content (AvgIpc) is 3.57. The monoisotopic (exact) mass is 517 g/mol. The van der Waals surface area contributed by atoms with E-state index >= 15 is 0 Å². The molecule has 0 saturated carbocycles. The summed E-state index contributed by atoms with van der Waals surface area (Å²) in [5, 5.41) is 15.7. The molecule has 38 heavy (non-hydrogen) atoms. The van der Waals surface area contributed by atoms with Crippen molar-refractivity contribution in [2.24, 2.45) is 0 Å². The fourth-order valence-electron chi connectivity index (χ4n) is 6.64. The van der Waals surface area contributed by atoms with Gasteiger partial charge in [0.15, 0.2) is 17.0 Å². The van der Waals surface area contributed by atoms with Crippen LogP contribution in [0, 0.1) is 15.9 Å². The van der Waals surface area contributed by atoms with Crippen LogP contribution in [0.2, 0.25) is 0 Å². The summed E-state index contributed by atoms with van der Waals surface area (Å²) in [6.45, 7) is 3.08. The van der Waals surface area contributed by atoms with E-state index in [-0.39, 0.29) is 29.3 Å². The van der Waals surface area contributed by atoms with Gasteiger partial charge in [0.2, 0.25) is 0 Å². The molecule has 2 saturated heterocycles. The summed E-state index contributed by atoms with van der Waals surface area (Å²) >= 11 is 0. The second-order valence-electron chi connectivity index (χ2n) is 9.98. The molecule has 0 unspecified atom stereocenters. The molecule has 0 aliphatic carbocycles. The van der Waals surface area contributed by atoms with Crippen molar-refractivity contribution >= 4 is 11.6 Å². The van der Waals surface area contributed by atoms with Crippen molar-refractivity contribution in [2.75, 3.05) is 18.5 Å². The Labute approximate surface area is 219 Å². The number of rotatable bonds is 7. The number of para-hydroxylation sites is 1. The first-order valence-corrected chi connectivity index (χ1v) is 12.9. The first kappa shape index (κ1) is 24.4. The predicted molar refractivity (Wildman–Crippen MR) is 138 cm³/mol. The zero-order valence-electron chi connectivity index (χ0n) is 20.9. The van der Waals surface area contributed by atoms with E-state index < -0.39 is 17.5 Å². The normalized spacial score (nSPS) is 25.7. The zero-order valence-corrected chi connectivity index (χ0v) is 20.9. The van der Waals surface area contributed by atoms with Crippen LogP contribution in [0.4, 0.5) is 10.1 Å². The van der Waals surface area contributed by atoms with Crippen molar-refractivity contribution in [3.05, 3.63) is 99.4 Å². The molecule has 3 aliphatic rings. The van der Waals surface area contributed by atoms with Gasteiger partial charge in [-0.2, -0.15) is 0 Å². The number of anilines is 1. The van der Waals surface area contributed by atoms with Gasteiger partial charge in [-0.25, -0.2) is 4.39 Å². The highest BCUT2D eigenvalue weighted by Crippen LogP contribution is 2.58. The van der Waals surface area contributed by atoms with Gasteiger partial charge >= 0.3 is 0 Å².